The Morgan fingerprint density at radius 2 is 1.93 bits per heavy atom. The van der Waals surface area contributed by atoms with E-state index in [0.717, 1.165) is 45.8 Å². The lowest BCUT2D eigenvalue weighted by Gasteiger charge is -2.26. The maximum absolute atomic E-state index is 12.6. The summed E-state index contributed by atoms with van der Waals surface area (Å²) in [6.45, 7) is 2.99. The number of rotatable bonds is 6. The highest BCUT2D eigenvalue weighted by Gasteiger charge is 2.24. The first-order chi connectivity index (χ1) is 13.8. The number of likely N-dealkylation sites (N-methyl/N-ethyl adjacent to an activating group) is 1. The monoisotopic (exact) mass is 453 g/mol. The van der Waals surface area contributed by atoms with Crippen molar-refractivity contribution < 1.29 is 18.0 Å². The molecule has 10 heteroatoms. The summed E-state index contributed by atoms with van der Waals surface area (Å²) in [5.74, 6) is 1.44. The number of aryl methyl sites for hydroxylation is 1. The lowest BCUT2D eigenvalue weighted by Crippen LogP contribution is -2.38. The van der Waals surface area contributed by atoms with Crippen LogP contribution in [0.15, 0.2) is 39.9 Å². The van der Waals surface area contributed by atoms with Crippen LogP contribution in [0.4, 0.5) is 5.69 Å². The normalized spacial score (nSPS) is 14.8. The third kappa shape index (κ3) is 5.19. The number of hydrogen-bond acceptors (Lipinski definition) is 6. The molecule has 0 radical (unpaired) electrons. The van der Waals surface area contributed by atoms with Gasteiger partial charge in [0.2, 0.25) is 5.91 Å². The molecular formula is C19H23N3O4S3. The van der Waals surface area contributed by atoms with E-state index in [1.165, 1.54) is 13.1 Å². The van der Waals surface area contributed by atoms with E-state index in [0.29, 0.717) is 11.3 Å². The van der Waals surface area contributed by atoms with Crippen molar-refractivity contribution in [1.29, 1.82) is 0 Å². The largest absolute Gasteiger partial charge is 0.337 e. The predicted octanol–water partition coefficient (Wildman–Crippen LogP) is 2.50. The van der Waals surface area contributed by atoms with Crippen molar-refractivity contribution in [3.05, 3.63) is 46.8 Å². The molecule has 1 aromatic heterocycles. The fourth-order valence-corrected chi connectivity index (χ4v) is 6.16. The second-order valence-corrected chi connectivity index (χ2v) is 11.1. The molecular weight excluding hydrogens is 430 g/mol. The molecule has 2 amide bonds. The number of amides is 2. The minimum absolute atomic E-state index is 0.00643. The van der Waals surface area contributed by atoms with Crippen molar-refractivity contribution >= 4 is 50.6 Å². The van der Waals surface area contributed by atoms with Crippen LogP contribution in [-0.2, 0) is 14.8 Å². The van der Waals surface area contributed by atoms with Crippen molar-refractivity contribution in [2.45, 2.75) is 11.1 Å². The SMILES string of the molecule is Cc1cc(C(=O)N2CCSCC2)ccc1NC(=O)CN(C)S(=O)(=O)c1cccs1. The summed E-state index contributed by atoms with van der Waals surface area (Å²) in [7, 11) is -2.31. The highest BCUT2D eigenvalue weighted by molar-refractivity contribution is 7.99. The van der Waals surface area contributed by atoms with Crippen molar-refractivity contribution in [2.75, 3.05) is 43.5 Å². The Labute approximate surface area is 179 Å². The predicted molar refractivity (Wildman–Crippen MR) is 117 cm³/mol. The Morgan fingerprint density at radius 1 is 1.21 bits per heavy atom. The van der Waals surface area contributed by atoms with Gasteiger partial charge in [0.1, 0.15) is 4.21 Å². The average molecular weight is 454 g/mol. The molecule has 0 bridgehead atoms. The van der Waals surface area contributed by atoms with E-state index in [-0.39, 0.29) is 16.7 Å². The Balaban J connectivity index is 1.64. The molecule has 2 heterocycles. The number of thioether (sulfide) groups is 1. The molecule has 0 atom stereocenters. The third-order valence-corrected chi connectivity index (χ3v) is 8.69. The Morgan fingerprint density at radius 3 is 2.55 bits per heavy atom. The summed E-state index contributed by atoms with van der Waals surface area (Å²) >= 11 is 2.95. The van der Waals surface area contributed by atoms with Crippen molar-refractivity contribution in [3.8, 4) is 0 Å². The third-order valence-electron chi connectivity index (χ3n) is 4.57. The molecule has 2 aromatic rings. The van der Waals surface area contributed by atoms with Crippen LogP contribution in [0.1, 0.15) is 15.9 Å². The van der Waals surface area contributed by atoms with Gasteiger partial charge in [0.25, 0.3) is 15.9 Å². The van der Waals surface area contributed by atoms with Gasteiger partial charge in [-0.05, 0) is 42.1 Å². The molecule has 0 aliphatic carbocycles. The van der Waals surface area contributed by atoms with E-state index in [9.17, 15) is 18.0 Å². The second-order valence-electron chi connectivity index (χ2n) is 6.68. The lowest BCUT2D eigenvalue weighted by atomic mass is 10.1. The zero-order chi connectivity index (χ0) is 21.0. The molecule has 0 saturated carbocycles. The van der Waals surface area contributed by atoms with Gasteiger partial charge in [-0.25, -0.2) is 8.42 Å². The zero-order valence-electron chi connectivity index (χ0n) is 16.3. The van der Waals surface area contributed by atoms with Crippen LogP contribution in [0.3, 0.4) is 0 Å². The molecule has 1 saturated heterocycles. The van der Waals surface area contributed by atoms with Gasteiger partial charge in [-0.2, -0.15) is 16.1 Å². The number of nitrogens with one attached hydrogen (secondary N) is 1. The van der Waals surface area contributed by atoms with Crippen molar-refractivity contribution in [1.82, 2.24) is 9.21 Å². The quantitative estimate of drug-likeness (QED) is 0.726. The Bertz CT molecular complexity index is 984. The highest BCUT2D eigenvalue weighted by atomic mass is 32.2. The summed E-state index contributed by atoms with van der Waals surface area (Å²) in [6.07, 6.45) is 0. The standard InChI is InChI=1S/C19H23N3O4S3/c1-14-12-15(19(24)22-7-10-27-11-8-22)5-6-16(14)20-17(23)13-21(2)29(25,26)18-4-3-9-28-18/h3-6,9,12H,7-8,10-11,13H2,1-2H3,(H,20,23). The molecule has 7 nitrogen and oxygen atoms in total. The minimum atomic E-state index is -3.68. The number of hydrogen-bond donors (Lipinski definition) is 1. The van der Waals surface area contributed by atoms with E-state index in [2.05, 4.69) is 5.32 Å². The van der Waals surface area contributed by atoms with Crippen LogP contribution in [0, 0.1) is 6.92 Å². The summed E-state index contributed by atoms with van der Waals surface area (Å²) in [6, 6.07) is 8.30. The van der Waals surface area contributed by atoms with E-state index in [1.54, 1.807) is 29.6 Å². The number of anilines is 1. The fourth-order valence-electron chi connectivity index (χ4n) is 2.93. The first-order valence-corrected chi connectivity index (χ1v) is 12.5. The fraction of sp³-hybridized carbons (Fsp3) is 0.368. The second kappa shape index (κ2) is 9.29. The lowest BCUT2D eigenvalue weighted by molar-refractivity contribution is -0.116. The number of thiophene rings is 1. The maximum atomic E-state index is 12.6. The maximum Gasteiger partial charge on any atom is 0.253 e. The summed E-state index contributed by atoms with van der Waals surface area (Å²) in [5.41, 5.74) is 1.90. The van der Waals surface area contributed by atoms with Crippen LogP contribution >= 0.6 is 23.1 Å². The van der Waals surface area contributed by atoms with Gasteiger partial charge in [-0.1, -0.05) is 6.07 Å². The van der Waals surface area contributed by atoms with Gasteiger partial charge < -0.3 is 10.2 Å². The van der Waals surface area contributed by atoms with Crippen LogP contribution in [0.2, 0.25) is 0 Å². The molecule has 1 aliphatic heterocycles. The molecule has 1 fully saturated rings. The van der Waals surface area contributed by atoms with Crippen LogP contribution in [0.25, 0.3) is 0 Å². The summed E-state index contributed by atoms with van der Waals surface area (Å²) < 4.78 is 26.1. The summed E-state index contributed by atoms with van der Waals surface area (Å²) in [4.78, 5) is 26.8. The van der Waals surface area contributed by atoms with Gasteiger partial charge in [-0.15, -0.1) is 11.3 Å². The smallest absolute Gasteiger partial charge is 0.253 e. The van der Waals surface area contributed by atoms with Gasteiger partial charge in [0.15, 0.2) is 0 Å². The molecule has 156 valence electrons. The molecule has 0 unspecified atom stereocenters. The highest BCUT2D eigenvalue weighted by Crippen LogP contribution is 2.21. The first kappa shape index (κ1) is 21.8. The summed E-state index contributed by atoms with van der Waals surface area (Å²) in [5, 5.41) is 4.41. The number of carbonyl (C=O) groups is 2. The Kier molecular flexibility index (Phi) is 6.99. The van der Waals surface area contributed by atoms with Crippen molar-refractivity contribution in [2.24, 2.45) is 0 Å². The molecule has 29 heavy (non-hydrogen) atoms. The first-order valence-electron chi connectivity index (χ1n) is 9.06. The Hall–Kier alpha value is -1.88. The van der Waals surface area contributed by atoms with E-state index in [1.807, 2.05) is 23.6 Å². The molecule has 1 N–H and O–H groups in total. The number of nitrogens with zero attached hydrogens (tertiary/aromatic N) is 2. The molecule has 0 spiro atoms. The van der Waals surface area contributed by atoms with Crippen molar-refractivity contribution in [3.63, 3.8) is 0 Å². The van der Waals surface area contributed by atoms with Gasteiger partial charge in [-0.3, -0.25) is 9.59 Å². The van der Waals surface area contributed by atoms with E-state index in [4.69, 9.17) is 0 Å². The zero-order valence-corrected chi connectivity index (χ0v) is 18.7. The van der Waals surface area contributed by atoms with E-state index < -0.39 is 15.9 Å². The van der Waals surface area contributed by atoms with Crippen LogP contribution < -0.4 is 5.32 Å². The van der Waals surface area contributed by atoms with Crippen LogP contribution in [-0.4, -0.2) is 67.6 Å². The minimum Gasteiger partial charge on any atom is -0.337 e. The molecule has 1 aliphatic rings. The van der Waals surface area contributed by atoms with Crippen LogP contribution in [0.5, 0.6) is 0 Å². The number of benzene rings is 1. The van der Waals surface area contributed by atoms with Gasteiger partial charge in [0, 0.05) is 42.9 Å². The average Bonchev–Trinajstić information content (AvgIpc) is 3.25. The van der Waals surface area contributed by atoms with Gasteiger partial charge >= 0.3 is 0 Å². The molecule has 1 aromatic carbocycles. The van der Waals surface area contributed by atoms with E-state index >= 15 is 0 Å². The topological polar surface area (TPSA) is 86.8 Å². The number of sulfonamides is 1. The number of carbonyl (C=O) groups excluding carboxylic acids is 2. The molecule has 3 rings (SSSR count). The van der Waals surface area contributed by atoms with Gasteiger partial charge in [0.05, 0.1) is 6.54 Å².